The Morgan fingerprint density at radius 3 is 1.12 bits per heavy atom. The molecule has 2 rings (SSSR count). The molecule has 0 heterocycles. The Kier molecular flexibility index (Phi) is 17.1. The molecule has 0 aliphatic rings. The van der Waals surface area contributed by atoms with E-state index in [9.17, 15) is 0 Å². The van der Waals surface area contributed by atoms with Crippen molar-refractivity contribution in [2.45, 2.75) is 53.4 Å². The summed E-state index contributed by atoms with van der Waals surface area (Å²) < 4.78 is 11.9. The Morgan fingerprint density at radius 1 is 0.559 bits per heavy atom. The fourth-order valence-electron chi connectivity index (χ4n) is 3.98. The summed E-state index contributed by atoms with van der Waals surface area (Å²) in [5.41, 5.74) is 2.68. The van der Waals surface area contributed by atoms with Crippen LogP contribution in [0.4, 0.5) is 0 Å². The molecule has 6 heteroatoms. The van der Waals surface area contributed by atoms with Crippen molar-refractivity contribution in [1.29, 1.82) is 0 Å². The number of hydrogen-bond acceptors (Lipinski definition) is 4. The highest BCUT2D eigenvalue weighted by Crippen LogP contribution is 2.33. The van der Waals surface area contributed by atoms with E-state index in [2.05, 4.69) is 99.9 Å². The van der Waals surface area contributed by atoms with Gasteiger partial charge in [-0.25, -0.2) is 0 Å². The van der Waals surface area contributed by atoms with Gasteiger partial charge in [0.15, 0.2) is 0 Å². The molecule has 0 N–H and O–H groups in total. The molecule has 0 aliphatic carbocycles. The number of rotatable bonds is 15. The second-order valence-electron chi connectivity index (χ2n) is 8.47. The first-order chi connectivity index (χ1) is 15.5. The maximum absolute atomic E-state index is 5.94. The van der Waals surface area contributed by atoms with E-state index in [-0.39, 0.29) is 24.8 Å². The monoisotopic (exact) mass is 512 g/mol. The van der Waals surface area contributed by atoms with E-state index in [1.54, 1.807) is 0 Å². The molecule has 0 fully saturated rings. The molecule has 0 amide bonds. The molecule has 194 valence electrons. The van der Waals surface area contributed by atoms with Gasteiger partial charge >= 0.3 is 0 Å². The van der Waals surface area contributed by atoms with Crippen molar-refractivity contribution < 1.29 is 9.47 Å². The first-order valence-corrected chi connectivity index (χ1v) is 12.4. The second-order valence-corrected chi connectivity index (χ2v) is 8.47. The highest BCUT2D eigenvalue weighted by Gasteiger charge is 2.16. The average molecular weight is 514 g/mol. The molecule has 0 bridgehead atoms. The van der Waals surface area contributed by atoms with Gasteiger partial charge in [-0.15, -0.1) is 24.8 Å². The van der Waals surface area contributed by atoms with E-state index in [1.807, 2.05) is 0 Å². The first-order valence-electron chi connectivity index (χ1n) is 12.4. The lowest BCUT2D eigenvalue weighted by Crippen LogP contribution is -2.27. The Hall–Kier alpha value is -1.46. The van der Waals surface area contributed by atoms with E-state index < -0.39 is 0 Å². The molecule has 0 saturated heterocycles. The SMILES string of the molecule is CCN(CC)CCOc1ccc(C(C)C(C)c2ccc(OCCN(CC)CC)cc2)cc1.Cl.Cl. The highest BCUT2D eigenvalue weighted by atomic mass is 35.5. The molecule has 4 nitrogen and oxygen atoms in total. The van der Waals surface area contributed by atoms with E-state index in [1.165, 1.54) is 11.1 Å². The lowest BCUT2D eigenvalue weighted by molar-refractivity contribution is 0.222. The first kappa shape index (κ1) is 32.5. The van der Waals surface area contributed by atoms with Crippen LogP contribution in [0.2, 0.25) is 0 Å². The maximum atomic E-state index is 5.94. The van der Waals surface area contributed by atoms with Crippen LogP contribution in [0.3, 0.4) is 0 Å². The third-order valence-corrected chi connectivity index (χ3v) is 6.70. The van der Waals surface area contributed by atoms with Crippen molar-refractivity contribution in [2.75, 3.05) is 52.5 Å². The Morgan fingerprint density at radius 2 is 0.853 bits per heavy atom. The molecule has 2 aromatic rings. The summed E-state index contributed by atoms with van der Waals surface area (Å²) in [6.07, 6.45) is 0. The van der Waals surface area contributed by atoms with Gasteiger partial charge in [0.1, 0.15) is 24.7 Å². The number of likely N-dealkylation sites (N-methyl/N-ethyl adjacent to an activating group) is 2. The van der Waals surface area contributed by atoms with E-state index in [0.717, 1.165) is 64.0 Å². The molecule has 0 aliphatic heterocycles. The standard InChI is InChI=1S/C28H44N2O2.2ClH/c1-7-29(8-2)19-21-31-27-15-11-25(12-16-27)23(5)24(6)26-13-17-28(18-14-26)32-22-20-30(9-3)10-4;;/h11-18,23-24H,7-10,19-22H2,1-6H3;2*1H. The molecule has 0 aromatic heterocycles. The zero-order valence-corrected chi connectivity index (χ0v) is 23.6. The van der Waals surface area contributed by atoms with Crippen LogP contribution in [0.25, 0.3) is 0 Å². The smallest absolute Gasteiger partial charge is 0.119 e. The highest BCUT2D eigenvalue weighted by molar-refractivity contribution is 5.85. The Bertz CT molecular complexity index is 683. The number of hydrogen-bond donors (Lipinski definition) is 0. The van der Waals surface area contributed by atoms with Gasteiger partial charge < -0.3 is 19.3 Å². The number of nitrogens with zero attached hydrogens (tertiary/aromatic N) is 2. The number of ether oxygens (including phenoxy) is 2. The average Bonchev–Trinajstić information content (AvgIpc) is 2.84. The fraction of sp³-hybridized carbons (Fsp3) is 0.571. The lowest BCUT2D eigenvalue weighted by Gasteiger charge is -2.22. The zero-order valence-electron chi connectivity index (χ0n) is 22.0. The molecule has 2 aromatic carbocycles. The predicted octanol–water partition coefficient (Wildman–Crippen LogP) is 6.88. The Balaban J connectivity index is 0.00000544. The molecule has 34 heavy (non-hydrogen) atoms. The summed E-state index contributed by atoms with van der Waals surface area (Å²) in [6.45, 7) is 21.0. The van der Waals surface area contributed by atoms with Crippen LogP contribution in [0.1, 0.15) is 64.5 Å². The lowest BCUT2D eigenvalue weighted by atomic mass is 9.84. The van der Waals surface area contributed by atoms with E-state index in [0.29, 0.717) is 11.8 Å². The second kappa shape index (κ2) is 17.9. The van der Waals surface area contributed by atoms with Crippen molar-refractivity contribution in [1.82, 2.24) is 9.80 Å². The quantitative estimate of drug-likeness (QED) is 0.259. The minimum Gasteiger partial charge on any atom is -0.492 e. The molecule has 0 spiro atoms. The zero-order chi connectivity index (χ0) is 23.3. The van der Waals surface area contributed by atoms with Crippen LogP contribution in [0.15, 0.2) is 48.5 Å². The maximum Gasteiger partial charge on any atom is 0.119 e. The summed E-state index contributed by atoms with van der Waals surface area (Å²) >= 11 is 0. The van der Waals surface area contributed by atoms with Crippen molar-refractivity contribution in [3.8, 4) is 11.5 Å². The fourth-order valence-corrected chi connectivity index (χ4v) is 3.98. The van der Waals surface area contributed by atoms with Gasteiger partial charge in [-0.05, 0) is 73.4 Å². The van der Waals surface area contributed by atoms with Gasteiger partial charge in [0.25, 0.3) is 0 Å². The molecule has 0 saturated carbocycles. The number of halogens is 2. The van der Waals surface area contributed by atoms with Crippen LogP contribution >= 0.6 is 24.8 Å². The molecular formula is C28H46Cl2N2O2. The van der Waals surface area contributed by atoms with E-state index >= 15 is 0 Å². The van der Waals surface area contributed by atoms with Crippen LogP contribution in [0, 0.1) is 0 Å². The topological polar surface area (TPSA) is 24.9 Å². The molecule has 0 radical (unpaired) electrons. The number of benzene rings is 2. The molecular weight excluding hydrogens is 467 g/mol. The minimum atomic E-state index is 0. The van der Waals surface area contributed by atoms with Crippen molar-refractivity contribution >= 4 is 24.8 Å². The van der Waals surface area contributed by atoms with Gasteiger partial charge in [-0.1, -0.05) is 65.8 Å². The molecule has 2 atom stereocenters. The predicted molar refractivity (Wildman–Crippen MR) is 151 cm³/mol. The van der Waals surface area contributed by atoms with Gasteiger partial charge in [-0.3, -0.25) is 0 Å². The summed E-state index contributed by atoms with van der Waals surface area (Å²) in [5, 5.41) is 0. The van der Waals surface area contributed by atoms with Crippen molar-refractivity contribution in [3.63, 3.8) is 0 Å². The van der Waals surface area contributed by atoms with Crippen LogP contribution in [-0.2, 0) is 0 Å². The van der Waals surface area contributed by atoms with Crippen molar-refractivity contribution in [2.24, 2.45) is 0 Å². The third-order valence-electron chi connectivity index (χ3n) is 6.70. The van der Waals surface area contributed by atoms with Gasteiger partial charge in [0.05, 0.1) is 0 Å². The van der Waals surface area contributed by atoms with Crippen LogP contribution in [0.5, 0.6) is 11.5 Å². The summed E-state index contributed by atoms with van der Waals surface area (Å²) in [4.78, 5) is 4.75. The van der Waals surface area contributed by atoms with Gasteiger partial charge in [-0.2, -0.15) is 0 Å². The summed E-state index contributed by atoms with van der Waals surface area (Å²) in [7, 11) is 0. The largest absolute Gasteiger partial charge is 0.492 e. The van der Waals surface area contributed by atoms with Crippen LogP contribution in [-0.4, -0.2) is 62.3 Å². The van der Waals surface area contributed by atoms with Crippen LogP contribution < -0.4 is 9.47 Å². The third kappa shape index (κ3) is 10.4. The van der Waals surface area contributed by atoms with E-state index in [4.69, 9.17) is 9.47 Å². The van der Waals surface area contributed by atoms with Gasteiger partial charge in [0, 0.05) is 13.1 Å². The normalized spacial score (nSPS) is 12.6. The van der Waals surface area contributed by atoms with Crippen molar-refractivity contribution in [3.05, 3.63) is 59.7 Å². The summed E-state index contributed by atoms with van der Waals surface area (Å²) in [6, 6.07) is 17.2. The minimum absolute atomic E-state index is 0. The van der Waals surface area contributed by atoms with Gasteiger partial charge in [0.2, 0.25) is 0 Å². The molecule has 2 unspecified atom stereocenters. The Labute approximate surface area is 220 Å². The summed E-state index contributed by atoms with van der Waals surface area (Å²) in [5.74, 6) is 2.75.